The lowest BCUT2D eigenvalue weighted by Crippen LogP contribution is -2.47. The summed E-state index contributed by atoms with van der Waals surface area (Å²) in [5, 5.41) is 13.8. The van der Waals surface area contributed by atoms with Crippen molar-refractivity contribution in [2.45, 2.75) is 19.5 Å². The van der Waals surface area contributed by atoms with Gasteiger partial charge in [-0.05, 0) is 19.5 Å². The van der Waals surface area contributed by atoms with Crippen LogP contribution in [0.15, 0.2) is 24.3 Å². The van der Waals surface area contributed by atoms with Crippen molar-refractivity contribution in [1.82, 2.24) is 10.6 Å². The molecule has 3 N–H and O–H groups in total. The van der Waals surface area contributed by atoms with Gasteiger partial charge in [-0.25, -0.2) is 4.79 Å². The molecule has 5 nitrogen and oxygen atoms in total. The van der Waals surface area contributed by atoms with Gasteiger partial charge in [0.2, 0.25) is 5.91 Å². The van der Waals surface area contributed by atoms with E-state index in [9.17, 15) is 9.59 Å². The van der Waals surface area contributed by atoms with E-state index in [1.54, 1.807) is 0 Å². The van der Waals surface area contributed by atoms with Gasteiger partial charge in [0.25, 0.3) is 0 Å². The summed E-state index contributed by atoms with van der Waals surface area (Å²) < 4.78 is 0. The third kappa shape index (κ3) is 3.88. The molecule has 5 heteroatoms. The number of hydrogen-bond acceptors (Lipinski definition) is 3. The van der Waals surface area contributed by atoms with Gasteiger partial charge >= 0.3 is 5.97 Å². The van der Waals surface area contributed by atoms with Crippen LogP contribution in [0.5, 0.6) is 0 Å². The summed E-state index contributed by atoms with van der Waals surface area (Å²) in [6, 6.07) is 6.46. The highest BCUT2D eigenvalue weighted by Crippen LogP contribution is 2.03. The van der Waals surface area contributed by atoms with Crippen LogP contribution >= 0.6 is 0 Å². The first-order valence-corrected chi connectivity index (χ1v) is 5.28. The molecule has 0 bridgehead atoms. The minimum atomic E-state index is -1.21. The third-order valence-corrected chi connectivity index (χ3v) is 2.35. The second kappa shape index (κ2) is 6.00. The molecular formula is C12H16N2O3. The first-order valence-electron chi connectivity index (χ1n) is 5.28. The van der Waals surface area contributed by atoms with E-state index in [1.807, 2.05) is 31.2 Å². The molecule has 1 atom stereocenters. The molecule has 1 unspecified atom stereocenters. The smallest absolute Gasteiger partial charge is 0.330 e. The van der Waals surface area contributed by atoms with Crippen LogP contribution in [-0.4, -0.2) is 30.1 Å². The van der Waals surface area contributed by atoms with Crippen molar-refractivity contribution in [1.29, 1.82) is 0 Å². The molecule has 1 rings (SSSR count). The van der Waals surface area contributed by atoms with Crippen LogP contribution in [0, 0.1) is 6.92 Å². The summed E-state index contributed by atoms with van der Waals surface area (Å²) in [6.45, 7) is 2.28. The van der Waals surface area contributed by atoms with E-state index in [4.69, 9.17) is 5.11 Å². The number of nitrogens with one attached hydrogen (secondary N) is 2. The van der Waals surface area contributed by atoms with Crippen molar-refractivity contribution >= 4 is 11.9 Å². The molecule has 0 saturated carbocycles. The molecule has 1 aromatic rings. The van der Waals surface area contributed by atoms with Gasteiger partial charge in [-0.1, -0.05) is 29.8 Å². The molecule has 0 aliphatic carbocycles. The highest BCUT2D eigenvalue weighted by molar-refractivity contribution is 6.01. The van der Waals surface area contributed by atoms with E-state index >= 15 is 0 Å². The van der Waals surface area contributed by atoms with Gasteiger partial charge in [-0.2, -0.15) is 0 Å². The van der Waals surface area contributed by atoms with E-state index in [1.165, 1.54) is 7.05 Å². The van der Waals surface area contributed by atoms with Crippen LogP contribution in [0.1, 0.15) is 11.1 Å². The molecule has 0 aromatic heterocycles. The maximum absolute atomic E-state index is 11.5. The van der Waals surface area contributed by atoms with Crippen molar-refractivity contribution in [3.05, 3.63) is 35.4 Å². The summed E-state index contributed by atoms with van der Waals surface area (Å²) in [6.07, 6.45) is 0. The molecule has 0 aliphatic heterocycles. The Morgan fingerprint density at radius 2 is 2.12 bits per heavy atom. The molecule has 0 spiro atoms. The number of carboxylic acid groups (broad SMARTS) is 1. The number of carboxylic acids is 1. The van der Waals surface area contributed by atoms with Crippen molar-refractivity contribution in [3.63, 3.8) is 0 Å². The number of aliphatic carboxylic acids is 1. The molecule has 0 heterocycles. The lowest BCUT2D eigenvalue weighted by atomic mass is 10.1. The number of benzene rings is 1. The molecule has 92 valence electrons. The molecule has 0 radical (unpaired) electrons. The Balaban J connectivity index is 2.56. The van der Waals surface area contributed by atoms with Crippen molar-refractivity contribution in [3.8, 4) is 0 Å². The first-order chi connectivity index (χ1) is 8.04. The number of hydrogen-bond donors (Lipinski definition) is 3. The van der Waals surface area contributed by atoms with Crippen LogP contribution < -0.4 is 10.6 Å². The van der Waals surface area contributed by atoms with E-state index < -0.39 is 17.9 Å². The fraction of sp³-hybridized carbons (Fsp3) is 0.333. The van der Waals surface area contributed by atoms with Crippen molar-refractivity contribution < 1.29 is 14.7 Å². The fourth-order valence-corrected chi connectivity index (χ4v) is 1.48. The standard InChI is InChI=1S/C12H16N2O3/c1-8-4-3-5-9(6-8)7-14-11(15)10(13-2)12(16)17/h3-6,10,13H,7H2,1-2H3,(H,14,15)(H,16,17). The molecule has 1 aromatic carbocycles. The zero-order chi connectivity index (χ0) is 12.8. The number of aryl methyl sites for hydroxylation is 1. The number of rotatable bonds is 5. The topological polar surface area (TPSA) is 78.4 Å². The van der Waals surface area contributed by atoms with Crippen LogP contribution in [0.2, 0.25) is 0 Å². The Morgan fingerprint density at radius 3 is 2.65 bits per heavy atom. The summed E-state index contributed by atoms with van der Waals surface area (Å²) in [4.78, 5) is 22.2. The quantitative estimate of drug-likeness (QED) is 0.642. The minimum absolute atomic E-state index is 0.325. The first kappa shape index (κ1) is 13.2. The molecule has 17 heavy (non-hydrogen) atoms. The van der Waals surface area contributed by atoms with E-state index in [0.29, 0.717) is 6.54 Å². The number of amides is 1. The SMILES string of the molecule is CNC(C(=O)O)C(=O)NCc1cccc(C)c1. The van der Waals surface area contributed by atoms with Gasteiger partial charge in [0.05, 0.1) is 0 Å². The van der Waals surface area contributed by atoms with Crippen LogP contribution in [0.25, 0.3) is 0 Å². The molecule has 1 amide bonds. The summed E-state index contributed by atoms with van der Waals surface area (Å²) in [7, 11) is 1.44. The summed E-state index contributed by atoms with van der Waals surface area (Å²) >= 11 is 0. The summed E-state index contributed by atoms with van der Waals surface area (Å²) in [5.74, 6) is -1.73. The average molecular weight is 236 g/mol. The Kier molecular flexibility index (Phi) is 4.66. The monoisotopic (exact) mass is 236 g/mol. The Labute approximate surface area is 99.8 Å². The van der Waals surface area contributed by atoms with E-state index in [-0.39, 0.29) is 0 Å². The zero-order valence-electron chi connectivity index (χ0n) is 9.86. The lowest BCUT2D eigenvalue weighted by molar-refractivity contribution is -0.143. The zero-order valence-corrected chi connectivity index (χ0v) is 9.86. The van der Waals surface area contributed by atoms with Crippen LogP contribution in [0.3, 0.4) is 0 Å². The van der Waals surface area contributed by atoms with Gasteiger partial charge in [0.15, 0.2) is 6.04 Å². The van der Waals surface area contributed by atoms with Gasteiger partial charge in [0.1, 0.15) is 0 Å². The maximum atomic E-state index is 11.5. The Morgan fingerprint density at radius 1 is 1.41 bits per heavy atom. The largest absolute Gasteiger partial charge is 0.480 e. The Bertz CT molecular complexity index is 418. The number of carbonyl (C=O) groups excluding carboxylic acids is 1. The molecule has 0 saturated heterocycles. The highest BCUT2D eigenvalue weighted by atomic mass is 16.4. The maximum Gasteiger partial charge on any atom is 0.330 e. The molecule has 0 fully saturated rings. The highest BCUT2D eigenvalue weighted by Gasteiger charge is 2.23. The number of carbonyl (C=O) groups is 2. The van der Waals surface area contributed by atoms with Gasteiger partial charge in [0, 0.05) is 6.54 Å². The van der Waals surface area contributed by atoms with E-state index in [0.717, 1.165) is 11.1 Å². The van der Waals surface area contributed by atoms with Gasteiger partial charge in [-0.3, -0.25) is 10.1 Å². The van der Waals surface area contributed by atoms with E-state index in [2.05, 4.69) is 10.6 Å². The van der Waals surface area contributed by atoms with Crippen LogP contribution in [0.4, 0.5) is 0 Å². The van der Waals surface area contributed by atoms with Gasteiger partial charge in [-0.15, -0.1) is 0 Å². The minimum Gasteiger partial charge on any atom is -0.480 e. The molecule has 0 aliphatic rings. The van der Waals surface area contributed by atoms with Crippen molar-refractivity contribution in [2.75, 3.05) is 7.05 Å². The predicted octanol–water partition coefficient (Wildman–Crippen LogP) is 0.284. The second-order valence-electron chi connectivity index (χ2n) is 3.77. The second-order valence-corrected chi connectivity index (χ2v) is 3.77. The summed E-state index contributed by atoms with van der Waals surface area (Å²) in [5.41, 5.74) is 2.04. The van der Waals surface area contributed by atoms with Crippen molar-refractivity contribution in [2.24, 2.45) is 0 Å². The lowest BCUT2D eigenvalue weighted by Gasteiger charge is -2.11. The fourth-order valence-electron chi connectivity index (χ4n) is 1.48. The molecular weight excluding hydrogens is 220 g/mol. The average Bonchev–Trinajstić information content (AvgIpc) is 2.27. The third-order valence-electron chi connectivity index (χ3n) is 2.35. The van der Waals surface area contributed by atoms with Gasteiger partial charge < -0.3 is 10.4 Å². The van der Waals surface area contributed by atoms with Crippen LogP contribution in [-0.2, 0) is 16.1 Å². The number of likely N-dealkylation sites (N-methyl/N-ethyl adjacent to an activating group) is 1. The Hall–Kier alpha value is -1.88. The predicted molar refractivity (Wildman–Crippen MR) is 63.5 cm³/mol. The normalized spacial score (nSPS) is 11.9.